The van der Waals surface area contributed by atoms with Crippen molar-refractivity contribution in [1.29, 1.82) is 0 Å². The highest BCUT2D eigenvalue weighted by Crippen LogP contribution is 2.37. The summed E-state index contributed by atoms with van der Waals surface area (Å²) in [5.74, 6) is 0. The lowest BCUT2D eigenvalue weighted by molar-refractivity contribution is 0.130. The minimum Gasteiger partial charge on any atom is -0.447 e. The van der Waals surface area contributed by atoms with E-state index >= 15 is 0 Å². The maximum atomic E-state index is 13.4. The van der Waals surface area contributed by atoms with Crippen LogP contribution < -0.4 is 10.0 Å². The number of ether oxygens (including phenoxy) is 1. The van der Waals surface area contributed by atoms with Crippen molar-refractivity contribution in [3.05, 3.63) is 61.2 Å². The van der Waals surface area contributed by atoms with Crippen LogP contribution in [0, 0.1) is 0 Å². The van der Waals surface area contributed by atoms with E-state index in [2.05, 4.69) is 25.0 Å². The van der Waals surface area contributed by atoms with Gasteiger partial charge >= 0.3 is 6.09 Å². The van der Waals surface area contributed by atoms with Crippen molar-refractivity contribution in [3.63, 3.8) is 0 Å². The number of aromatic amines is 1. The highest BCUT2D eigenvalue weighted by atomic mass is 32.2. The lowest BCUT2D eigenvalue weighted by atomic mass is 10.1. The Morgan fingerprint density at radius 1 is 1.08 bits per heavy atom. The molecule has 0 aliphatic rings. The highest BCUT2D eigenvalue weighted by molar-refractivity contribution is 7.83. The number of carbonyl (C=O) groups excluding carboxylic acids is 1. The number of thiazole rings is 1. The summed E-state index contributed by atoms with van der Waals surface area (Å²) in [7, 11) is -1.44. The summed E-state index contributed by atoms with van der Waals surface area (Å²) in [5.41, 5.74) is 3.83. The van der Waals surface area contributed by atoms with Gasteiger partial charge in [0, 0.05) is 34.1 Å². The molecule has 0 saturated heterocycles. The standard InChI is InChI=1S/C26H29N5O3S2/c1-16(2)34-25(32)30-19-9-6-17(7-10-19)24-28-14-22(35-24)20-11-8-18(21-13-27-15-29-21)12-23(20)36(33)31-26(3,4)5/h6-16,31H,1-5H3,(H,27,29)(H,30,32). The molecular weight excluding hydrogens is 494 g/mol. The molecule has 0 aliphatic carbocycles. The van der Waals surface area contributed by atoms with Gasteiger partial charge in [0.1, 0.15) is 16.0 Å². The first-order valence-corrected chi connectivity index (χ1v) is 13.4. The number of anilines is 1. The molecule has 1 atom stereocenters. The van der Waals surface area contributed by atoms with Crippen LogP contribution in [0.5, 0.6) is 0 Å². The van der Waals surface area contributed by atoms with Crippen LogP contribution in [-0.4, -0.2) is 36.9 Å². The molecular formula is C26H29N5O3S2. The number of hydrogen-bond donors (Lipinski definition) is 3. The maximum Gasteiger partial charge on any atom is 0.411 e. The second-order valence-corrected chi connectivity index (χ2v) is 11.7. The third-order valence-corrected chi connectivity index (χ3v) is 7.50. The zero-order valence-corrected chi connectivity index (χ0v) is 22.4. The Kier molecular flexibility index (Phi) is 7.67. The third-order valence-electron chi connectivity index (χ3n) is 4.88. The summed E-state index contributed by atoms with van der Waals surface area (Å²) in [6.07, 6.45) is 4.48. The van der Waals surface area contributed by atoms with Gasteiger partial charge in [0.15, 0.2) is 0 Å². The van der Waals surface area contributed by atoms with Gasteiger partial charge in [-0.1, -0.05) is 12.1 Å². The van der Waals surface area contributed by atoms with Gasteiger partial charge in [0.25, 0.3) is 0 Å². The molecule has 2 heterocycles. The fourth-order valence-corrected chi connectivity index (χ4v) is 5.69. The summed E-state index contributed by atoms with van der Waals surface area (Å²) >= 11 is 1.51. The minimum absolute atomic E-state index is 0.190. The molecule has 8 nitrogen and oxygen atoms in total. The molecule has 0 radical (unpaired) electrons. The van der Waals surface area contributed by atoms with Crippen molar-refractivity contribution in [2.45, 2.75) is 51.2 Å². The van der Waals surface area contributed by atoms with E-state index in [1.807, 2.05) is 63.2 Å². The molecule has 4 rings (SSSR count). The normalized spacial score (nSPS) is 12.5. The van der Waals surface area contributed by atoms with Gasteiger partial charge < -0.3 is 9.72 Å². The number of amides is 1. The molecule has 0 spiro atoms. The number of nitrogens with zero attached hydrogens (tertiary/aromatic N) is 2. The number of H-pyrrole nitrogens is 1. The molecule has 3 N–H and O–H groups in total. The van der Waals surface area contributed by atoms with Crippen molar-refractivity contribution in [2.24, 2.45) is 0 Å². The Bertz CT molecular complexity index is 1360. The van der Waals surface area contributed by atoms with Crippen LogP contribution in [0.25, 0.3) is 32.3 Å². The van der Waals surface area contributed by atoms with Crippen molar-refractivity contribution < 1.29 is 13.7 Å². The van der Waals surface area contributed by atoms with Crippen LogP contribution in [0.15, 0.2) is 66.1 Å². The van der Waals surface area contributed by atoms with Crippen LogP contribution in [-0.2, 0) is 15.7 Å². The van der Waals surface area contributed by atoms with Crippen LogP contribution in [0.3, 0.4) is 0 Å². The largest absolute Gasteiger partial charge is 0.447 e. The average Bonchev–Trinajstić information content (AvgIpc) is 3.50. The monoisotopic (exact) mass is 523 g/mol. The quantitative estimate of drug-likeness (QED) is 0.266. The van der Waals surface area contributed by atoms with Crippen LogP contribution in [0.4, 0.5) is 10.5 Å². The molecule has 1 amide bonds. The molecule has 0 fully saturated rings. The number of imidazole rings is 1. The SMILES string of the molecule is CC(C)OC(=O)Nc1ccc(-c2ncc(-c3ccc(-c4cnc[nH]4)cc3S(=O)NC(C)(C)C)s2)cc1. The van der Waals surface area contributed by atoms with E-state index in [-0.39, 0.29) is 11.6 Å². The highest BCUT2D eigenvalue weighted by Gasteiger charge is 2.20. The van der Waals surface area contributed by atoms with E-state index in [0.29, 0.717) is 10.6 Å². The molecule has 1 unspecified atom stereocenters. The molecule has 36 heavy (non-hydrogen) atoms. The predicted molar refractivity (Wildman–Crippen MR) is 145 cm³/mol. The van der Waals surface area contributed by atoms with Crippen LogP contribution >= 0.6 is 11.3 Å². The Morgan fingerprint density at radius 3 is 2.44 bits per heavy atom. The van der Waals surface area contributed by atoms with Gasteiger partial charge in [-0.05, 0) is 65.0 Å². The van der Waals surface area contributed by atoms with E-state index < -0.39 is 17.1 Å². The molecule has 2 aromatic carbocycles. The predicted octanol–water partition coefficient (Wildman–Crippen LogP) is 6.23. The van der Waals surface area contributed by atoms with Crippen molar-refractivity contribution in [1.82, 2.24) is 19.7 Å². The zero-order valence-electron chi connectivity index (χ0n) is 20.8. The average molecular weight is 524 g/mol. The number of hydrogen-bond acceptors (Lipinski definition) is 6. The Labute approximate surface area is 217 Å². The van der Waals surface area contributed by atoms with E-state index in [0.717, 1.165) is 32.3 Å². The van der Waals surface area contributed by atoms with Gasteiger partial charge in [-0.25, -0.2) is 23.7 Å². The second kappa shape index (κ2) is 10.7. The number of aromatic nitrogens is 3. The summed E-state index contributed by atoms with van der Waals surface area (Å²) < 4.78 is 21.7. The fraction of sp³-hybridized carbons (Fsp3) is 0.269. The Morgan fingerprint density at radius 2 is 1.81 bits per heavy atom. The summed E-state index contributed by atoms with van der Waals surface area (Å²) in [4.78, 5) is 25.2. The molecule has 2 aromatic heterocycles. The first kappa shape index (κ1) is 25.7. The number of benzene rings is 2. The molecule has 10 heteroatoms. The van der Waals surface area contributed by atoms with E-state index in [1.54, 1.807) is 32.6 Å². The second-order valence-electron chi connectivity index (χ2n) is 9.48. The number of rotatable bonds is 7. The fourth-order valence-electron chi connectivity index (χ4n) is 3.38. The molecule has 188 valence electrons. The summed E-state index contributed by atoms with van der Waals surface area (Å²) in [5, 5.41) is 3.53. The smallest absolute Gasteiger partial charge is 0.411 e. The van der Waals surface area contributed by atoms with E-state index in [1.165, 1.54) is 11.3 Å². The first-order chi connectivity index (χ1) is 17.1. The zero-order chi connectivity index (χ0) is 25.9. The maximum absolute atomic E-state index is 13.4. The molecule has 0 saturated carbocycles. The van der Waals surface area contributed by atoms with Crippen LogP contribution in [0.2, 0.25) is 0 Å². The Balaban J connectivity index is 1.62. The first-order valence-electron chi connectivity index (χ1n) is 11.5. The van der Waals surface area contributed by atoms with Crippen LogP contribution in [0.1, 0.15) is 34.6 Å². The van der Waals surface area contributed by atoms with Gasteiger partial charge in [-0.2, -0.15) is 0 Å². The van der Waals surface area contributed by atoms with Crippen molar-refractivity contribution in [3.8, 4) is 32.3 Å². The van der Waals surface area contributed by atoms with Crippen molar-refractivity contribution in [2.75, 3.05) is 5.32 Å². The molecule has 4 aromatic rings. The number of nitrogens with one attached hydrogen (secondary N) is 3. The third kappa shape index (κ3) is 6.45. The number of carbonyl (C=O) groups is 1. The van der Waals surface area contributed by atoms with Gasteiger partial charge in [0.05, 0.1) is 34.1 Å². The van der Waals surface area contributed by atoms with Gasteiger partial charge in [-0.3, -0.25) is 5.32 Å². The topological polar surface area (TPSA) is 109 Å². The minimum atomic E-state index is -1.44. The van der Waals surface area contributed by atoms with E-state index in [9.17, 15) is 9.00 Å². The molecule has 0 bridgehead atoms. The summed E-state index contributed by atoms with van der Waals surface area (Å²) in [6, 6.07) is 13.3. The van der Waals surface area contributed by atoms with Gasteiger partial charge in [0.2, 0.25) is 0 Å². The van der Waals surface area contributed by atoms with Gasteiger partial charge in [-0.15, -0.1) is 11.3 Å². The Hall–Kier alpha value is -3.34. The lowest BCUT2D eigenvalue weighted by Gasteiger charge is -2.21. The summed E-state index contributed by atoms with van der Waals surface area (Å²) in [6.45, 7) is 9.54. The lowest BCUT2D eigenvalue weighted by Crippen LogP contribution is -2.37. The molecule has 0 aliphatic heterocycles. The van der Waals surface area contributed by atoms with E-state index in [4.69, 9.17) is 4.74 Å². The van der Waals surface area contributed by atoms with Crippen molar-refractivity contribution >= 4 is 34.1 Å².